The van der Waals surface area contributed by atoms with Gasteiger partial charge in [-0.15, -0.1) is 0 Å². The standard InChI is InChI=1S/C17H19N3O2/c1-12(21)20-11-5-7-14(20)17-16(18-9-10-19-17)13-6-3-4-8-15(13)22-2/h3-4,6,8-10,14H,5,7,11H2,1-2H3/t14-/m1/s1. The summed E-state index contributed by atoms with van der Waals surface area (Å²) in [5.74, 6) is 0.843. The van der Waals surface area contributed by atoms with Crippen molar-refractivity contribution in [2.75, 3.05) is 13.7 Å². The van der Waals surface area contributed by atoms with Crippen LogP contribution < -0.4 is 4.74 Å². The lowest BCUT2D eigenvalue weighted by atomic mass is 10.0. The van der Waals surface area contributed by atoms with Crippen LogP contribution in [-0.2, 0) is 4.79 Å². The van der Waals surface area contributed by atoms with E-state index in [-0.39, 0.29) is 11.9 Å². The lowest BCUT2D eigenvalue weighted by Crippen LogP contribution is -2.29. The van der Waals surface area contributed by atoms with Gasteiger partial charge in [0.2, 0.25) is 5.91 Å². The van der Waals surface area contributed by atoms with Crippen molar-refractivity contribution in [2.24, 2.45) is 0 Å². The Labute approximate surface area is 130 Å². The third-order valence-electron chi connectivity index (χ3n) is 4.06. The molecule has 0 aliphatic carbocycles. The zero-order chi connectivity index (χ0) is 15.5. The molecule has 2 heterocycles. The number of para-hydroxylation sites is 1. The van der Waals surface area contributed by atoms with E-state index in [0.717, 1.165) is 42.1 Å². The van der Waals surface area contributed by atoms with Gasteiger partial charge in [-0.1, -0.05) is 12.1 Å². The third kappa shape index (κ3) is 2.54. The van der Waals surface area contributed by atoms with Gasteiger partial charge in [0.15, 0.2) is 0 Å². The number of rotatable bonds is 3. The molecule has 1 amide bonds. The number of methoxy groups -OCH3 is 1. The Morgan fingerprint density at radius 2 is 2.05 bits per heavy atom. The lowest BCUT2D eigenvalue weighted by Gasteiger charge is -2.24. The number of hydrogen-bond acceptors (Lipinski definition) is 4. The Morgan fingerprint density at radius 1 is 1.27 bits per heavy atom. The number of hydrogen-bond donors (Lipinski definition) is 0. The number of ether oxygens (including phenoxy) is 1. The predicted molar refractivity (Wildman–Crippen MR) is 83.4 cm³/mol. The first kappa shape index (κ1) is 14.5. The van der Waals surface area contributed by atoms with Gasteiger partial charge < -0.3 is 9.64 Å². The normalized spacial score (nSPS) is 17.5. The van der Waals surface area contributed by atoms with Crippen LogP contribution in [0.1, 0.15) is 31.5 Å². The Hall–Kier alpha value is -2.43. The number of amides is 1. The van der Waals surface area contributed by atoms with Gasteiger partial charge in [0.25, 0.3) is 0 Å². The highest BCUT2D eigenvalue weighted by Crippen LogP contribution is 2.38. The second-order valence-corrected chi connectivity index (χ2v) is 5.36. The second kappa shape index (κ2) is 6.13. The van der Waals surface area contributed by atoms with E-state index < -0.39 is 0 Å². The highest BCUT2D eigenvalue weighted by molar-refractivity contribution is 5.75. The van der Waals surface area contributed by atoms with E-state index in [1.54, 1.807) is 26.4 Å². The topological polar surface area (TPSA) is 55.3 Å². The Balaban J connectivity index is 2.09. The van der Waals surface area contributed by atoms with Crippen molar-refractivity contribution in [1.29, 1.82) is 0 Å². The quantitative estimate of drug-likeness (QED) is 0.874. The van der Waals surface area contributed by atoms with E-state index in [1.165, 1.54) is 0 Å². The van der Waals surface area contributed by atoms with Gasteiger partial charge in [-0.3, -0.25) is 14.8 Å². The molecule has 114 valence electrons. The molecule has 2 aromatic rings. The molecular weight excluding hydrogens is 278 g/mol. The smallest absolute Gasteiger partial charge is 0.220 e. The number of nitrogens with zero attached hydrogens (tertiary/aromatic N) is 3. The molecule has 3 rings (SSSR count). The molecule has 0 radical (unpaired) electrons. The summed E-state index contributed by atoms with van der Waals surface area (Å²) in [5, 5.41) is 0. The van der Waals surface area contributed by atoms with Gasteiger partial charge in [0, 0.05) is 31.4 Å². The van der Waals surface area contributed by atoms with E-state index in [1.807, 2.05) is 29.2 Å². The molecule has 1 aromatic carbocycles. The van der Waals surface area contributed by atoms with Crippen molar-refractivity contribution in [2.45, 2.75) is 25.8 Å². The summed E-state index contributed by atoms with van der Waals surface area (Å²) in [6.07, 6.45) is 5.27. The van der Waals surface area contributed by atoms with E-state index in [9.17, 15) is 4.79 Å². The summed E-state index contributed by atoms with van der Waals surface area (Å²) in [6, 6.07) is 7.75. The number of aromatic nitrogens is 2. The van der Waals surface area contributed by atoms with Crippen molar-refractivity contribution in [1.82, 2.24) is 14.9 Å². The molecule has 1 aliphatic rings. The van der Waals surface area contributed by atoms with E-state index in [4.69, 9.17) is 4.74 Å². The SMILES string of the molecule is COc1ccccc1-c1nccnc1[C@H]1CCCN1C(C)=O. The summed E-state index contributed by atoms with van der Waals surface area (Å²) < 4.78 is 5.44. The summed E-state index contributed by atoms with van der Waals surface area (Å²) in [5.41, 5.74) is 2.54. The minimum Gasteiger partial charge on any atom is -0.496 e. The fourth-order valence-corrected chi connectivity index (χ4v) is 3.07. The largest absolute Gasteiger partial charge is 0.496 e. The van der Waals surface area contributed by atoms with Crippen molar-refractivity contribution >= 4 is 5.91 Å². The Kier molecular flexibility index (Phi) is 4.04. The molecule has 1 saturated heterocycles. The van der Waals surface area contributed by atoms with Crippen LogP contribution in [0, 0.1) is 0 Å². The maximum atomic E-state index is 11.9. The van der Waals surface area contributed by atoms with Crippen molar-refractivity contribution in [3.05, 3.63) is 42.4 Å². The van der Waals surface area contributed by atoms with Crippen molar-refractivity contribution in [3.63, 3.8) is 0 Å². The number of carbonyl (C=O) groups excluding carboxylic acids is 1. The zero-order valence-electron chi connectivity index (χ0n) is 12.8. The molecule has 0 unspecified atom stereocenters. The third-order valence-corrected chi connectivity index (χ3v) is 4.06. The number of benzene rings is 1. The minimum atomic E-state index is -0.00823. The van der Waals surface area contributed by atoms with Crippen LogP contribution in [0.25, 0.3) is 11.3 Å². The molecule has 0 bridgehead atoms. The molecule has 1 aromatic heterocycles. The van der Waals surface area contributed by atoms with Gasteiger partial charge >= 0.3 is 0 Å². The van der Waals surface area contributed by atoms with Gasteiger partial charge in [-0.2, -0.15) is 0 Å². The summed E-state index contributed by atoms with van der Waals surface area (Å²) in [6.45, 7) is 2.39. The van der Waals surface area contributed by atoms with Crippen LogP contribution in [0.3, 0.4) is 0 Å². The summed E-state index contributed by atoms with van der Waals surface area (Å²) in [7, 11) is 1.65. The average molecular weight is 297 g/mol. The van der Waals surface area contributed by atoms with Crippen LogP contribution in [0.2, 0.25) is 0 Å². The van der Waals surface area contributed by atoms with Crippen LogP contribution in [0.5, 0.6) is 5.75 Å². The minimum absolute atomic E-state index is 0.00823. The van der Waals surface area contributed by atoms with Crippen LogP contribution >= 0.6 is 0 Å². The fraction of sp³-hybridized carbons (Fsp3) is 0.353. The predicted octanol–water partition coefficient (Wildman–Crippen LogP) is 2.84. The summed E-state index contributed by atoms with van der Waals surface area (Å²) in [4.78, 5) is 22.8. The molecule has 0 N–H and O–H groups in total. The van der Waals surface area contributed by atoms with Gasteiger partial charge in [-0.05, 0) is 25.0 Å². The molecule has 1 atom stereocenters. The van der Waals surface area contributed by atoms with Gasteiger partial charge in [0.1, 0.15) is 5.75 Å². The van der Waals surface area contributed by atoms with Crippen molar-refractivity contribution < 1.29 is 9.53 Å². The summed E-state index contributed by atoms with van der Waals surface area (Å²) >= 11 is 0. The first-order chi connectivity index (χ1) is 10.7. The van der Waals surface area contributed by atoms with Crippen LogP contribution in [0.4, 0.5) is 0 Å². The molecule has 1 fully saturated rings. The van der Waals surface area contributed by atoms with E-state index in [2.05, 4.69) is 9.97 Å². The lowest BCUT2D eigenvalue weighted by molar-refractivity contribution is -0.129. The second-order valence-electron chi connectivity index (χ2n) is 5.36. The molecule has 22 heavy (non-hydrogen) atoms. The number of carbonyl (C=O) groups is 1. The highest BCUT2D eigenvalue weighted by Gasteiger charge is 2.31. The van der Waals surface area contributed by atoms with Gasteiger partial charge in [-0.25, -0.2) is 0 Å². The molecule has 1 aliphatic heterocycles. The Morgan fingerprint density at radius 3 is 2.82 bits per heavy atom. The molecule has 0 spiro atoms. The van der Waals surface area contributed by atoms with E-state index >= 15 is 0 Å². The highest BCUT2D eigenvalue weighted by atomic mass is 16.5. The monoisotopic (exact) mass is 297 g/mol. The Bertz CT molecular complexity index is 687. The fourth-order valence-electron chi connectivity index (χ4n) is 3.07. The van der Waals surface area contributed by atoms with Crippen LogP contribution in [-0.4, -0.2) is 34.4 Å². The number of likely N-dealkylation sites (tertiary alicyclic amines) is 1. The maximum absolute atomic E-state index is 11.9. The first-order valence-electron chi connectivity index (χ1n) is 7.44. The molecular formula is C17H19N3O2. The average Bonchev–Trinajstić information content (AvgIpc) is 3.04. The molecule has 5 heteroatoms. The zero-order valence-corrected chi connectivity index (χ0v) is 12.8. The van der Waals surface area contributed by atoms with Gasteiger partial charge in [0.05, 0.1) is 24.5 Å². The molecule has 0 saturated carbocycles. The maximum Gasteiger partial charge on any atom is 0.220 e. The first-order valence-corrected chi connectivity index (χ1v) is 7.44. The van der Waals surface area contributed by atoms with E-state index in [0.29, 0.717) is 0 Å². The van der Waals surface area contributed by atoms with Crippen molar-refractivity contribution in [3.8, 4) is 17.0 Å². The van der Waals surface area contributed by atoms with Crippen LogP contribution in [0.15, 0.2) is 36.7 Å². The molecule has 5 nitrogen and oxygen atoms in total.